The monoisotopic (exact) mass is 394 g/mol. The van der Waals surface area contributed by atoms with Crippen molar-refractivity contribution < 1.29 is 22.7 Å². The maximum atomic E-state index is 12.1. The van der Waals surface area contributed by atoms with Crippen LogP contribution >= 0.6 is 0 Å². The molecule has 0 unspecified atom stereocenters. The largest absolute Gasteiger partial charge is 0.468 e. The van der Waals surface area contributed by atoms with E-state index in [2.05, 4.69) is 37.4 Å². The highest BCUT2D eigenvalue weighted by Gasteiger charge is 2.28. The maximum Gasteiger partial charge on any atom is 0.422 e. The van der Waals surface area contributed by atoms with Gasteiger partial charge in [0.15, 0.2) is 6.61 Å². The first kappa shape index (κ1) is 19.8. The highest BCUT2D eigenvalue weighted by atomic mass is 19.4. The molecule has 0 radical (unpaired) electrons. The maximum absolute atomic E-state index is 12.1. The van der Waals surface area contributed by atoms with Crippen molar-refractivity contribution in [2.75, 3.05) is 29.9 Å². The van der Waals surface area contributed by atoms with Gasteiger partial charge in [0.2, 0.25) is 5.88 Å². The summed E-state index contributed by atoms with van der Waals surface area (Å²) in [7, 11) is 0. The Bertz CT molecular complexity index is 761. The Hall–Kier alpha value is -2.97. The van der Waals surface area contributed by atoms with E-state index in [1.165, 1.54) is 24.0 Å². The third kappa shape index (κ3) is 6.04. The zero-order valence-electron chi connectivity index (χ0n) is 15.1. The molecule has 0 spiro atoms. The van der Waals surface area contributed by atoms with Crippen LogP contribution in [0, 0.1) is 0 Å². The summed E-state index contributed by atoms with van der Waals surface area (Å²) >= 11 is 0. The third-order valence-electron chi connectivity index (χ3n) is 4.33. The molecule has 1 aromatic carbocycles. The highest BCUT2D eigenvalue weighted by Crippen LogP contribution is 2.20. The molecule has 1 aromatic heterocycles. The van der Waals surface area contributed by atoms with Crippen LogP contribution in [0.2, 0.25) is 0 Å². The van der Waals surface area contributed by atoms with E-state index >= 15 is 0 Å². The first-order valence-electron chi connectivity index (χ1n) is 8.92. The Kier molecular flexibility index (Phi) is 6.23. The SMILES string of the molecule is O=C(Nc1ccc(OCC(F)(F)F)nc1)NC1CCN(c2ccccc2)CC1. The summed E-state index contributed by atoms with van der Waals surface area (Å²) in [5.74, 6) is -0.156. The van der Waals surface area contributed by atoms with Crippen LogP contribution in [-0.4, -0.2) is 42.9 Å². The molecule has 2 heterocycles. The fourth-order valence-electron chi connectivity index (χ4n) is 2.97. The number of ether oxygens (including phenoxy) is 1. The molecule has 0 atom stereocenters. The summed E-state index contributed by atoms with van der Waals surface area (Å²) in [4.78, 5) is 18.2. The molecule has 1 aliphatic heterocycles. The number of benzene rings is 1. The Morgan fingerprint density at radius 2 is 1.86 bits per heavy atom. The van der Waals surface area contributed by atoms with E-state index in [1.807, 2.05) is 18.2 Å². The van der Waals surface area contributed by atoms with Crippen LogP contribution in [-0.2, 0) is 0 Å². The highest BCUT2D eigenvalue weighted by molar-refractivity contribution is 5.89. The van der Waals surface area contributed by atoms with Crippen LogP contribution in [0.1, 0.15) is 12.8 Å². The summed E-state index contributed by atoms with van der Waals surface area (Å²) in [5.41, 5.74) is 1.54. The van der Waals surface area contributed by atoms with Crippen molar-refractivity contribution in [1.29, 1.82) is 0 Å². The van der Waals surface area contributed by atoms with Gasteiger partial charge in [-0.2, -0.15) is 13.2 Å². The Labute approximate surface area is 160 Å². The minimum atomic E-state index is -4.42. The lowest BCUT2D eigenvalue weighted by Gasteiger charge is -2.33. The number of alkyl halides is 3. The first-order valence-corrected chi connectivity index (χ1v) is 8.92. The molecule has 0 saturated carbocycles. The van der Waals surface area contributed by atoms with Gasteiger partial charge in [0, 0.05) is 30.9 Å². The van der Waals surface area contributed by atoms with E-state index < -0.39 is 12.8 Å². The number of amides is 2. The summed E-state index contributed by atoms with van der Waals surface area (Å²) in [6.07, 6.45) is -1.52. The van der Waals surface area contributed by atoms with Crippen LogP contribution in [0.3, 0.4) is 0 Å². The lowest BCUT2D eigenvalue weighted by atomic mass is 10.0. The van der Waals surface area contributed by atoms with E-state index in [0.29, 0.717) is 5.69 Å². The number of para-hydroxylation sites is 1. The van der Waals surface area contributed by atoms with Crippen molar-refractivity contribution in [3.05, 3.63) is 48.7 Å². The number of nitrogens with one attached hydrogen (secondary N) is 2. The molecule has 0 bridgehead atoms. The zero-order valence-corrected chi connectivity index (χ0v) is 15.1. The molecule has 2 aromatic rings. The molecule has 150 valence electrons. The number of carbonyl (C=O) groups is 1. The second kappa shape index (κ2) is 8.81. The van der Waals surface area contributed by atoms with Crippen LogP contribution in [0.5, 0.6) is 5.88 Å². The Balaban J connectivity index is 1.42. The number of halogens is 3. The molecule has 1 aliphatic rings. The number of pyridine rings is 1. The average Bonchev–Trinajstić information content (AvgIpc) is 2.68. The number of rotatable bonds is 5. The van der Waals surface area contributed by atoms with Gasteiger partial charge in [0.05, 0.1) is 11.9 Å². The Morgan fingerprint density at radius 1 is 1.14 bits per heavy atom. The van der Waals surface area contributed by atoms with Gasteiger partial charge in [-0.15, -0.1) is 0 Å². The number of hydrogen-bond donors (Lipinski definition) is 2. The van der Waals surface area contributed by atoms with Crippen molar-refractivity contribution in [3.63, 3.8) is 0 Å². The first-order chi connectivity index (χ1) is 13.4. The van der Waals surface area contributed by atoms with Crippen molar-refractivity contribution in [2.45, 2.75) is 25.1 Å². The van der Waals surface area contributed by atoms with E-state index in [4.69, 9.17) is 0 Å². The number of carbonyl (C=O) groups excluding carboxylic acids is 1. The number of hydrogen-bond acceptors (Lipinski definition) is 4. The second-order valence-corrected chi connectivity index (χ2v) is 6.48. The predicted molar refractivity (Wildman–Crippen MR) is 99.6 cm³/mol. The molecule has 3 rings (SSSR count). The summed E-state index contributed by atoms with van der Waals surface area (Å²) < 4.78 is 40.9. The lowest BCUT2D eigenvalue weighted by molar-refractivity contribution is -0.154. The number of anilines is 2. The molecule has 1 saturated heterocycles. The van der Waals surface area contributed by atoms with Gasteiger partial charge in [-0.25, -0.2) is 9.78 Å². The molecule has 28 heavy (non-hydrogen) atoms. The number of nitrogens with zero attached hydrogens (tertiary/aromatic N) is 2. The third-order valence-corrected chi connectivity index (χ3v) is 4.33. The quantitative estimate of drug-likeness (QED) is 0.809. The average molecular weight is 394 g/mol. The molecule has 9 heteroatoms. The van der Waals surface area contributed by atoms with Crippen LogP contribution in [0.15, 0.2) is 48.7 Å². The van der Waals surface area contributed by atoms with E-state index in [0.717, 1.165) is 25.9 Å². The molecular formula is C19H21F3N4O2. The summed E-state index contributed by atoms with van der Waals surface area (Å²) in [5, 5.41) is 5.54. The molecule has 0 aliphatic carbocycles. The summed E-state index contributed by atoms with van der Waals surface area (Å²) in [6, 6.07) is 12.5. The van der Waals surface area contributed by atoms with Crippen LogP contribution < -0.4 is 20.3 Å². The predicted octanol–water partition coefficient (Wildman–Crippen LogP) is 3.81. The van der Waals surface area contributed by atoms with Gasteiger partial charge < -0.3 is 20.3 Å². The van der Waals surface area contributed by atoms with Gasteiger partial charge in [0.1, 0.15) is 0 Å². The standard InChI is InChI=1S/C19H21F3N4O2/c20-19(21,22)13-28-17-7-6-15(12-23-17)25-18(27)24-14-8-10-26(11-9-14)16-4-2-1-3-5-16/h1-7,12,14H,8-11,13H2,(H2,24,25,27). The van der Waals surface area contributed by atoms with Gasteiger partial charge >= 0.3 is 12.2 Å². The normalized spacial score (nSPS) is 15.2. The number of piperidine rings is 1. The molecule has 1 fully saturated rings. The van der Waals surface area contributed by atoms with Gasteiger partial charge in [0.25, 0.3) is 0 Å². The topological polar surface area (TPSA) is 66.5 Å². The lowest BCUT2D eigenvalue weighted by Crippen LogP contribution is -2.46. The van der Waals surface area contributed by atoms with Crippen LogP contribution in [0.25, 0.3) is 0 Å². The molecule has 6 nitrogen and oxygen atoms in total. The van der Waals surface area contributed by atoms with Crippen molar-refractivity contribution in [3.8, 4) is 5.88 Å². The zero-order chi connectivity index (χ0) is 20.0. The fraction of sp³-hybridized carbons (Fsp3) is 0.368. The van der Waals surface area contributed by atoms with E-state index in [9.17, 15) is 18.0 Å². The second-order valence-electron chi connectivity index (χ2n) is 6.48. The van der Waals surface area contributed by atoms with Crippen molar-refractivity contribution in [2.24, 2.45) is 0 Å². The van der Waals surface area contributed by atoms with Crippen molar-refractivity contribution in [1.82, 2.24) is 10.3 Å². The van der Waals surface area contributed by atoms with Gasteiger partial charge in [-0.3, -0.25) is 0 Å². The number of aromatic nitrogens is 1. The molecule has 2 amide bonds. The minimum absolute atomic E-state index is 0.0577. The van der Waals surface area contributed by atoms with Crippen LogP contribution in [0.4, 0.5) is 29.3 Å². The van der Waals surface area contributed by atoms with Gasteiger partial charge in [-0.1, -0.05) is 18.2 Å². The molecular weight excluding hydrogens is 373 g/mol. The van der Waals surface area contributed by atoms with E-state index in [1.54, 1.807) is 0 Å². The summed E-state index contributed by atoms with van der Waals surface area (Å²) in [6.45, 7) is 0.290. The number of urea groups is 1. The smallest absolute Gasteiger partial charge is 0.422 e. The van der Waals surface area contributed by atoms with E-state index in [-0.39, 0.29) is 18.0 Å². The Morgan fingerprint density at radius 3 is 2.46 bits per heavy atom. The minimum Gasteiger partial charge on any atom is -0.468 e. The fourth-order valence-corrected chi connectivity index (χ4v) is 2.97. The van der Waals surface area contributed by atoms with Crippen molar-refractivity contribution >= 4 is 17.4 Å². The molecule has 2 N–H and O–H groups in total. The van der Waals surface area contributed by atoms with Gasteiger partial charge in [-0.05, 0) is 31.0 Å².